The highest BCUT2D eigenvalue weighted by molar-refractivity contribution is 5.90. The molecule has 3 rings (SSSR count). The summed E-state index contributed by atoms with van der Waals surface area (Å²) < 4.78 is 5.74. The molecule has 29 heavy (non-hydrogen) atoms. The molecule has 0 atom stereocenters. The lowest BCUT2D eigenvalue weighted by Gasteiger charge is -2.06. The van der Waals surface area contributed by atoms with Crippen LogP contribution in [-0.4, -0.2) is 18.7 Å². The van der Waals surface area contributed by atoms with Gasteiger partial charge in [-0.1, -0.05) is 68.7 Å². The number of nitrogens with zero attached hydrogens (tertiary/aromatic N) is 1. The number of hydrogen-bond donors (Lipinski definition) is 1. The van der Waals surface area contributed by atoms with Crippen LogP contribution in [0.5, 0.6) is 5.75 Å². The Hall–Kier alpha value is -3.14. The minimum Gasteiger partial charge on any atom is -0.494 e. The molecular weight excluding hydrogens is 360 g/mol. The third-order valence-corrected chi connectivity index (χ3v) is 4.78. The van der Waals surface area contributed by atoms with Gasteiger partial charge in [0.05, 0.1) is 19.2 Å². The standard InChI is InChI=1S/C25H28N2O2/c1-2-3-4-7-17-29-23-15-13-20(14-16-23)19-26-27-25(28)18-22-11-8-10-21-9-5-6-12-24(21)22/h5-6,8-16,19H,2-4,7,17-18H2,1H3,(H,27,28)/b26-19+. The van der Waals surface area contributed by atoms with Crippen LogP contribution in [0, 0.1) is 0 Å². The highest BCUT2D eigenvalue weighted by Gasteiger charge is 2.05. The SMILES string of the molecule is CCCCCCOc1ccc(/C=N/NC(=O)Cc2cccc3ccccc23)cc1. The van der Waals surface area contributed by atoms with Crippen LogP contribution in [0.4, 0.5) is 0 Å². The molecule has 0 aliphatic heterocycles. The normalized spacial score (nSPS) is 11.1. The molecule has 4 heteroatoms. The maximum absolute atomic E-state index is 12.2. The predicted octanol–water partition coefficient (Wildman–Crippen LogP) is 5.49. The minimum atomic E-state index is -0.135. The molecule has 0 radical (unpaired) electrons. The first-order chi connectivity index (χ1) is 14.3. The molecule has 0 fully saturated rings. The summed E-state index contributed by atoms with van der Waals surface area (Å²) in [6, 6.07) is 21.8. The fourth-order valence-electron chi connectivity index (χ4n) is 3.21. The van der Waals surface area contributed by atoms with E-state index in [4.69, 9.17) is 4.74 Å². The molecule has 3 aromatic carbocycles. The number of unbranched alkanes of at least 4 members (excludes halogenated alkanes) is 3. The van der Waals surface area contributed by atoms with Crippen LogP contribution >= 0.6 is 0 Å². The van der Waals surface area contributed by atoms with Crippen molar-refractivity contribution in [2.24, 2.45) is 5.10 Å². The van der Waals surface area contributed by atoms with Gasteiger partial charge < -0.3 is 4.74 Å². The molecule has 0 heterocycles. The van der Waals surface area contributed by atoms with Crippen LogP contribution in [0.25, 0.3) is 10.8 Å². The Morgan fingerprint density at radius 2 is 1.76 bits per heavy atom. The van der Waals surface area contributed by atoms with Crippen molar-refractivity contribution in [1.82, 2.24) is 5.43 Å². The van der Waals surface area contributed by atoms with Crippen molar-refractivity contribution in [2.45, 2.75) is 39.0 Å². The molecule has 0 unspecified atom stereocenters. The molecule has 150 valence electrons. The van der Waals surface area contributed by atoms with Gasteiger partial charge in [-0.25, -0.2) is 5.43 Å². The van der Waals surface area contributed by atoms with Crippen molar-refractivity contribution in [2.75, 3.05) is 6.61 Å². The van der Waals surface area contributed by atoms with E-state index in [1.807, 2.05) is 66.7 Å². The summed E-state index contributed by atoms with van der Waals surface area (Å²) in [6.07, 6.45) is 6.71. The van der Waals surface area contributed by atoms with E-state index >= 15 is 0 Å². The summed E-state index contributed by atoms with van der Waals surface area (Å²) in [5.74, 6) is 0.725. The molecule has 1 amide bonds. The zero-order valence-corrected chi connectivity index (χ0v) is 16.9. The van der Waals surface area contributed by atoms with E-state index in [0.717, 1.165) is 40.7 Å². The second-order valence-corrected chi connectivity index (χ2v) is 7.09. The summed E-state index contributed by atoms with van der Waals surface area (Å²) in [6.45, 7) is 2.95. The van der Waals surface area contributed by atoms with Gasteiger partial charge in [0, 0.05) is 0 Å². The Kier molecular flexibility index (Phi) is 7.81. The van der Waals surface area contributed by atoms with Crippen molar-refractivity contribution in [1.29, 1.82) is 0 Å². The predicted molar refractivity (Wildman–Crippen MR) is 119 cm³/mol. The third-order valence-electron chi connectivity index (χ3n) is 4.78. The van der Waals surface area contributed by atoms with E-state index in [1.165, 1.54) is 19.3 Å². The maximum atomic E-state index is 12.2. The number of carbonyl (C=O) groups is 1. The Labute approximate surface area is 172 Å². The summed E-state index contributed by atoms with van der Waals surface area (Å²) in [5, 5.41) is 6.31. The maximum Gasteiger partial charge on any atom is 0.244 e. The smallest absolute Gasteiger partial charge is 0.244 e. The van der Waals surface area contributed by atoms with Crippen molar-refractivity contribution in [3.8, 4) is 5.75 Å². The Balaban J connectivity index is 1.47. The first kappa shape index (κ1) is 20.6. The van der Waals surface area contributed by atoms with Crippen molar-refractivity contribution in [3.05, 3.63) is 77.9 Å². The molecule has 4 nitrogen and oxygen atoms in total. The van der Waals surface area contributed by atoms with E-state index in [9.17, 15) is 4.79 Å². The van der Waals surface area contributed by atoms with Gasteiger partial charge in [0.25, 0.3) is 0 Å². The topological polar surface area (TPSA) is 50.7 Å². The van der Waals surface area contributed by atoms with Gasteiger partial charge in [-0.3, -0.25) is 4.79 Å². The zero-order chi connectivity index (χ0) is 20.3. The van der Waals surface area contributed by atoms with Gasteiger partial charge in [0.15, 0.2) is 0 Å². The number of hydrogen-bond acceptors (Lipinski definition) is 3. The number of fused-ring (bicyclic) bond motifs is 1. The van der Waals surface area contributed by atoms with Crippen LogP contribution in [0.15, 0.2) is 71.8 Å². The van der Waals surface area contributed by atoms with Gasteiger partial charge >= 0.3 is 0 Å². The quantitative estimate of drug-likeness (QED) is 0.284. The number of nitrogens with one attached hydrogen (secondary N) is 1. The van der Waals surface area contributed by atoms with Gasteiger partial charge in [0.2, 0.25) is 5.91 Å². The Morgan fingerprint density at radius 1 is 0.966 bits per heavy atom. The number of rotatable bonds is 10. The molecule has 1 N–H and O–H groups in total. The summed E-state index contributed by atoms with van der Waals surface area (Å²) in [5.41, 5.74) is 4.52. The molecule has 0 aromatic heterocycles. The Morgan fingerprint density at radius 3 is 2.59 bits per heavy atom. The van der Waals surface area contributed by atoms with E-state index in [1.54, 1.807) is 6.21 Å². The van der Waals surface area contributed by atoms with E-state index in [-0.39, 0.29) is 5.91 Å². The number of amides is 1. The Bertz CT molecular complexity index is 943. The van der Waals surface area contributed by atoms with Crippen molar-refractivity contribution in [3.63, 3.8) is 0 Å². The minimum absolute atomic E-state index is 0.135. The van der Waals surface area contributed by atoms with Crippen LogP contribution < -0.4 is 10.2 Å². The number of hydrazone groups is 1. The lowest BCUT2D eigenvalue weighted by atomic mass is 10.0. The zero-order valence-electron chi connectivity index (χ0n) is 16.9. The van der Waals surface area contributed by atoms with Crippen molar-refractivity contribution < 1.29 is 9.53 Å². The number of ether oxygens (including phenoxy) is 1. The lowest BCUT2D eigenvalue weighted by Crippen LogP contribution is -2.19. The molecule has 0 aliphatic carbocycles. The molecule has 0 saturated heterocycles. The lowest BCUT2D eigenvalue weighted by molar-refractivity contribution is -0.120. The average molecular weight is 389 g/mol. The summed E-state index contributed by atoms with van der Waals surface area (Å²) in [4.78, 5) is 12.2. The average Bonchev–Trinajstić information content (AvgIpc) is 2.75. The van der Waals surface area contributed by atoms with E-state index in [2.05, 4.69) is 17.5 Å². The van der Waals surface area contributed by atoms with Crippen LogP contribution in [0.3, 0.4) is 0 Å². The van der Waals surface area contributed by atoms with E-state index in [0.29, 0.717) is 6.42 Å². The van der Waals surface area contributed by atoms with Crippen LogP contribution in [-0.2, 0) is 11.2 Å². The largest absolute Gasteiger partial charge is 0.494 e. The third kappa shape index (κ3) is 6.46. The van der Waals surface area contributed by atoms with Gasteiger partial charge in [0.1, 0.15) is 5.75 Å². The highest BCUT2D eigenvalue weighted by Crippen LogP contribution is 2.18. The van der Waals surface area contributed by atoms with Gasteiger partial charge in [-0.2, -0.15) is 5.10 Å². The summed E-state index contributed by atoms with van der Waals surface area (Å²) in [7, 11) is 0. The fourth-order valence-corrected chi connectivity index (χ4v) is 3.21. The summed E-state index contributed by atoms with van der Waals surface area (Å²) >= 11 is 0. The first-order valence-electron chi connectivity index (χ1n) is 10.3. The van der Waals surface area contributed by atoms with Crippen molar-refractivity contribution >= 4 is 22.9 Å². The molecular formula is C25H28N2O2. The second kappa shape index (κ2) is 11.0. The fraction of sp³-hybridized carbons (Fsp3) is 0.280. The molecule has 0 aliphatic rings. The number of benzene rings is 3. The van der Waals surface area contributed by atoms with Crippen LogP contribution in [0.2, 0.25) is 0 Å². The highest BCUT2D eigenvalue weighted by atomic mass is 16.5. The van der Waals surface area contributed by atoms with Gasteiger partial charge in [-0.15, -0.1) is 0 Å². The number of carbonyl (C=O) groups excluding carboxylic acids is 1. The van der Waals surface area contributed by atoms with Gasteiger partial charge in [-0.05, 0) is 52.6 Å². The van der Waals surface area contributed by atoms with Crippen LogP contribution in [0.1, 0.15) is 43.7 Å². The first-order valence-corrected chi connectivity index (χ1v) is 10.3. The molecule has 3 aromatic rings. The molecule has 0 saturated carbocycles. The molecule has 0 spiro atoms. The van der Waals surface area contributed by atoms with E-state index < -0.39 is 0 Å². The second-order valence-electron chi connectivity index (χ2n) is 7.09. The monoisotopic (exact) mass is 388 g/mol. The molecule has 0 bridgehead atoms.